The third kappa shape index (κ3) is 3.57. The minimum absolute atomic E-state index is 0.778. The molecule has 0 spiro atoms. The second-order valence-electron chi connectivity index (χ2n) is 6.97. The summed E-state index contributed by atoms with van der Waals surface area (Å²) in [6.45, 7) is 16.5. The second-order valence-corrected chi connectivity index (χ2v) is 17.5. The quantitative estimate of drug-likeness (QED) is 0.738. The molecule has 0 radical (unpaired) electrons. The zero-order valence-electron chi connectivity index (χ0n) is 11.8. The van der Waals surface area contributed by atoms with Crippen LogP contribution in [0.2, 0.25) is 32.7 Å². The lowest BCUT2D eigenvalue weighted by Crippen LogP contribution is -2.64. The van der Waals surface area contributed by atoms with Crippen LogP contribution in [0, 0.1) is 0 Å². The Morgan fingerprint density at radius 3 is 2.00 bits per heavy atom. The molecule has 1 aliphatic carbocycles. The molecule has 0 aliphatic heterocycles. The number of nitrogens with one attached hydrogen (secondary N) is 1. The van der Waals surface area contributed by atoms with E-state index in [0.717, 1.165) is 11.3 Å². The lowest BCUT2D eigenvalue weighted by atomic mass is 10.3. The van der Waals surface area contributed by atoms with Gasteiger partial charge >= 0.3 is 0 Å². The lowest BCUT2D eigenvalue weighted by molar-refractivity contribution is 0.540. The molecule has 0 bridgehead atoms. The molecule has 0 saturated heterocycles. The molecular formula is C13H29NSi2. The summed E-state index contributed by atoms with van der Waals surface area (Å²) < 4.78 is 0. The molecule has 1 N–H and O–H groups in total. The van der Waals surface area contributed by atoms with Crippen LogP contribution >= 0.6 is 0 Å². The molecule has 94 valence electrons. The third-order valence-corrected chi connectivity index (χ3v) is 13.3. The zero-order chi connectivity index (χ0) is 12.4. The summed E-state index contributed by atoms with van der Waals surface area (Å²) in [7, 11) is -2.43. The van der Waals surface area contributed by atoms with Crippen molar-refractivity contribution in [2.24, 2.45) is 0 Å². The molecule has 1 unspecified atom stereocenters. The van der Waals surface area contributed by atoms with E-state index in [2.05, 4.69) is 50.3 Å². The Morgan fingerprint density at radius 2 is 1.62 bits per heavy atom. The Bertz CT molecular complexity index is 237. The van der Waals surface area contributed by atoms with Crippen LogP contribution in [-0.2, 0) is 0 Å². The fraction of sp³-hybridized carbons (Fsp3) is 0.846. The zero-order valence-corrected chi connectivity index (χ0v) is 13.8. The van der Waals surface area contributed by atoms with Crippen LogP contribution in [0.5, 0.6) is 0 Å². The standard InChI is InChI=1S/C13H29NSi2/c1-7-16(5,6)13(15(2,3)4)14-12-10-8-9-11-12/h7,12-14H,1,8-11H2,2-6H3. The highest BCUT2D eigenvalue weighted by atomic mass is 28.4. The van der Waals surface area contributed by atoms with Crippen LogP contribution in [0.15, 0.2) is 12.3 Å². The van der Waals surface area contributed by atoms with Crippen LogP contribution < -0.4 is 5.32 Å². The maximum atomic E-state index is 4.09. The summed E-state index contributed by atoms with van der Waals surface area (Å²) in [6.07, 6.45) is 5.63. The van der Waals surface area contributed by atoms with E-state index in [0.29, 0.717) is 0 Å². The molecule has 1 nitrogen and oxygen atoms in total. The molecule has 1 fully saturated rings. The van der Waals surface area contributed by atoms with E-state index in [4.69, 9.17) is 0 Å². The van der Waals surface area contributed by atoms with Crippen molar-refractivity contribution in [1.82, 2.24) is 5.32 Å². The van der Waals surface area contributed by atoms with Gasteiger partial charge in [0, 0.05) is 6.04 Å². The van der Waals surface area contributed by atoms with Crippen molar-refractivity contribution in [2.45, 2.75) is 69.7 Å². The van der Waals surface area contributed by atoms with Gasteiger partial charge in [-0.1, -0.05) is 45.6 Å². The molecule has 0 aromatic rings. The smallest absolute Gasteiger partial charge is 0.0854 e. The SMILES string of the molecule is C=C[Si](C)(C)C(NC1CCCC1)[Si](C)(C)C. The molecule has 1 saturated carbocycles. The Labute approximate surface area is 104 Å². The number of hydrogen-bond acceptors (Lipinski definition) is 1. The summed E-state index contributed by atoms with van der Waals surface area (Å²) in [5, 5.41) is 4.78. The third-order valence-electron chi connectivity index (χ3n) is 3.89. The number of hydrogen-bond donors (Lipinski definition) is 1. The summed E-state index contributed by atoms with van der Waals surface area (Å²) >= 11 is 0. The molecule has 1 rings (SSSR count). The average molecular weight is 256 g/mol. The van der Waals surface area contributed by atoms with Gasteiger partial charge in [-0.05, 0) is 18.1 Å². The summed E-state index contributed by atoms with van der Waals surface area (Å²) in [5.74, 6) is 0. The first kappa shape index (κ1) is 14.2. The van der Waals surface area contributed by atoms with Crippen molar-refractivity contribution in [3.63, 3.8) is 0 Å². The van der Waals surface area contributed by atoms with Gasteiger partial charge in [0.25, 0.3) is 0 Å². The van der Waals surface area contributed by atoms with Gasteiger partial charge in [-0.15, -0.1) is 12.3 Å². The van der Waals surface area contributed by atoms with Crippen LogP contribution in [-0.4, -0.2) is 27.5 Å². The first-order valence-electron chi connectivity index (χ1n) is 6.67. The summed E-state index contributed by atoms with van der Waals surface area (Å²) in [5.41, 5.74) is 2.28. The monoisotopic (exact) mass is 255 g/mol. The van der Waals surface area contributed by atoms with Crippen LogP contribution in [0.3, 0.4) is 0 Å². The van der Waals surface area contributed by atoms with E-state index >= 15 is 0 Å². The highest BCUT2D eigenvalue weighted by molar-refractivity contribution is 6.99. The summed E-state index contributed by atoms with van der Waals surface area (Å²) in [4.78, 5) is 0. The fourth-order valence-electron chi connectivity index (χ4n) is 3.03. The van der Waals surface area contributed by atoms with E-state index in [1.165, 1.54) is 25.7 Å². The lowest BCUT2D eigenvalue weighted by Gasteiger charge is -2.41. The van der Waals surface area contributed by atoms with E-state index in [9.17, 15) is 0 Å². The minimum atomic E-state index is -1.30. The van der Waals surface area contributed by atoms with Crippen LogP contribution in [0.4, 0.5) is 0 Å². The maximum absolute atomic E-state index is 4.09. The van der Waals surface area contributed by atoms with Crippen molar-refractivity contribution in [1.29, 1.82) is 0 Å². The maximum Gasteiger partial charge on any atom is 0.0854 e. The largest absolute Gasteiger partial charge is 0.316 e. The minimum Gasteiger partial charge on any atom is -0.316 e. The fourth-order valence-corrected chi connectivity index (χ4v) is 13.9. The van der Waals surface area contributed by atoms with Gasteiger partial charge in [0.1, 0.15) is 0 Å². The van der Waals surface area contributed by atoms with E-state index < -0.39 is 16.1 Å². The van der Waals surface area contributed by atoms with E-state index in [1.807, 2.05) is 0 Å². The molecular weight excluding hydrogens is 226 g/mol. The van der Waals surface area contributed by atoms with Gasteiger partial charge in [0.05, 0.1) is 16.1 Å². The molecule has 3 heteroatoms. The van der Waals surface area contributed by atoms with Crippen molar-refractivity contribution < 1.29 is 0 Å². The Kier molecular flexibility index (Phi) is 4.61. The first-order valence-corrected chi connectivity index (χ1v) is 13.4. The average Bonchev–Trinajstić information content (AvgIpc) is 2.64. The molecule has 0 aromatic heterocycles. The molecule has 1 atom stereocenters. The van der Waals surface area contributed by atoms with Crippen molar-refractivity contribution >= 4 is 16.1 Å². The highest BCUT2D eigenvalue weighted by Gasteiger charge is 2.40. The van der Waals surface area contributed by atoms with Crippen molar-refractivity contribution in [3.8, 4) is 0 Å². The Hall–Kier alpha value is 0.134. The van der Waals surface area contributed by atoms with Gasteiger partial charge < -0.3 is 5.32 Å². The predicted molar refractivity (Wildman–Crippen MR) is 80.2 cm³/mol. The predicted octanol–water partition coefficient (Wildman–Crippen LogP) is 3.74. The second kappa shape index (κ2) is 5.19. The van der Waals surface area contributed by atoms with Crippen molar-refractivity contribution in [3.05, 3.63) is 12.3 Å². The number of rotatable bonds is 5. The van der Waals surface area contributed by atoms with Crippen LogP contribution in [0.25, 0.3) is 0 Å². The Balaban J connectivity index is 2.75. The van der Waals surface area contributed by atoms with Gasteiger partial charge in [-0.3, -0.25) is 0 Å². The molecule has 0 heterocycles. The van der Waals surface area contributed by atoms with Gasteiger partial charge in [-0.2, -0.15) is 0 Å². The Morgan fingerprint density at radius 1 is 1.12 bits per heavy atom. The van der Waals surface area contributed by atoms with Gasteiger partial charge in [0.15, 0.2) is 0 Å². The molecule has 0 amide bonds. The van der Waals surface area contributed by atoms with Gasteiger partial charge in [-0.25, -0.2) is 0 Å². The topological polar surface area (TPSA) is 12.0 Å². The molecule has 16 heavy (non-hydrogen) atoms. The molecule has 1 aliphatic rings. The highest BCUT2D eigenvalue weighted by Crippen LogP contribution is 2.25. The van der Waals surface area contributed by atoms with Crippen molar-refractivity contribution in [2.75, 3.05) is 0 Å². The van der Waals surface area contributed by atoms with E-state index in [-0.39, 0.29) is 0 Å². The molecule has 0 aromatic carbocycles. The van der Waals surface area contributed by atoms with Gasteiger partial charge in [0.2, 0.25) is 0 Å². The van der Waals surface area contributed by atoms with E-state index in [1.54, 1.807) is 0 Å². The first-order chi connectivity index (χ1) is 7.27. The normalized spacial score (nSPS) is 21.1. The van der Waals surface area contributed by atoms with Crippen LogP contribution in [0.1, 0.15) is 25.7 Å². The summed E-state index contributed by atoms with van der Waals surface area (Å²) in [6, 6.07) is 0.795.